The standard InChI is InChI=1S/C20H23BrClNO2.C18H20BrCl/c1-4-25-19(24)23(3)14-13-20(2,15-5-9-17(21)10-6-15)16-7-11-18(22)12-8-16;1-3-4-13-18(2,14-5-9-16(19)10-6-14)15-7-11-17(20)12-8-15/h5-12H,4,13-14H2,1-3H3;5-12H,3-4,13H2,1-2H3. The fraction of sp³-hybridized carbons (Fsp3) is 0.342. The molecule has 4 rings (SSSR count). The highest BCUT2D eigenvalue weighted by Gasteiger charge is 2.30. The lowest BCUT2D eigenvalue weighted by Crippen LogP contribution is -2.34. The molecule has 0 saturated heterocycles. The fourth-order valence-corrected chi connectivity index (χ4v) is 6.21. The lowest BCUT2D eigenvalue weighted by atomic mass is 9.73. The van der Waals surface area contributed by atoms with Crippen LogP contribution in [-0.2, 0) is 15.6 Å². The first-order valence-electron chi connectivity index (χ1n) is 15.3. The van der Waals surface area contributed by atoms with Crippen molar-refractivity contribution in [2.24, 2.45) is 0 Å². The molecular formula is C38H43Br2Cl2NO2. The summed E-state index contributed by atoms with van der Waals surface area (Å²) in [6, 6.07) is 33.2. The second kappa shape index (κ2) is 17.6. The molecule has 0 spiro atoms. The number of ether oxygens (including phenoxy) is 1. The Hall–Kier alpha value is -2.31. The van der Waals surface area contributed by atoms with Crippen LogP contribution in [0.5, 0.6) is 0 Å². The minimum Gasteiger partial charge on any atom is -0.450 e. The number of hydrogen-bond donors (Lipinski definition) is 0. The third-order valence-corrected chi connectivity index (χ3v) is 10.0. The largest absolute Gasteiger partial charge is 0.450 e. The van der Waals surface area contributed by atoms with Crippen molar-refractivity contribution in [2.75, 3.05) is 20.2 Å². The second-order valence-corrected chi connectivity index (χ2v) is 14.4. The van der Waals surface area contributed by atoms with Gasteiger partial charge >= 0.3 is 6.09 Å². The molecule has 0 fully saturated rings. The van der Waals surface area contributed by atoms with Crippen LogP contribution in [0.2, 0.25) is 10.0 Å². The molecule has 0 aliphatic heterocycles. The number of hydrogen-bond acceptors (Lipinski definition) is 2. The van der Waals surface area contributed by atoms with E-state index in [1.54, 1.807) is 11.9 Å². The molecule has 0 saturated carbocycles. The van der Waals surface area contributed by atoms with Gasteiger partial charge in [-0.05, 0) is 90.6 Å². The fourth-order valence-electron chi connectivity index (χ4n) is 5.43. The van der Waals surface area contributed by atoms with Gasteiger partial charge in [-0.2, -0.15) is 0 Å². The lowest BCUT2D eigenvalue weighted by Gasteiger charge is -2.33. The topological polar surface area (TPSA) is 29.5 Å². The van der Waals surface area contributed by atoms with E-state index in [2.05, 4.69) is 113 Å². The Bertz CT molecular complexity index is 1380. The predicted octanol–water partition coefficient (Wildman–Crippen LogP) is 12.5. The van der Waals surface area contributed by atoms with Gasteiger partial charge < -0.3 is 9.64 Å². The minimum absolute atomic E-state index is 0.0430. The number of carbonyl (C=O) groups is 1. The molecule has 240 valence electrons. The van der Waals surface area contributed by atoms with Gasteiger partial charge in [0.25, 0.3) is 0 Å². The summed E-state index contributed by atoms with van der Waals surface area (Å²) in [6.07, 6.45) is 4.05. The lowest BCUT2D eigenvalue weighted by molar-refractivity contribution is 0.114. The van der Waals surface area contributed by atoms with E-state index in [-0.39, 0.29) is 16.9 Å². The predicted molar refractivity (Wildman–Crippen MR) is 198 cm³/mol. The normalized spacial score (nSPS) is 13.5. The highest BCUT2D eigenvalue weighted by atomic mass is 79.9. The number of carbonyl (C=O) groups excluding carboxylic acids is 1. The van der Waals surface area contributed by atoms with Crippen molar-refractivity contribution in [3.05, 3.63) is 138 Å². The van der Waals surface area contributed by atoms with Crippen molar-refractivity contribution >= 4 is 61.2 Å². The molecule has 0 aliphatic rings. The molecule has 4 aromatic carbocycles. The summed E-state index contributed by atoms with van der Waals surface area (Å²) in [5.41, 5.74) is 4.84. The van der Waals surface area contributed by atoms with Crippen LogP contribution in [0.1, 0.15) is 75.6 Å². The molecule has 0 N–H and O–H groups in total. The number of halogens is 4. The molecule has 0 heterocycles. The van der Waals surface area contributed by atoms with Gasteiger partial charge in [0.2, 0.25) is 0 Å². The van der Waals surface area contributed by atoms with Crippen molar-refractivity contribution in [1.29, 1.82) is 0 Å². The van der Waals surface area contributed by atoms with Crippen LogP contribution in [-0.4, -0.2) is 31.2 Å². The van der Waals surface area contributed by atoms with Gasteiger partial charge in [-0.3, -0.25) is 0 Å². The molecule has 0 aromatic heterocycles. The van der Waals surface area contributed by atoms with Gasteiger partial charge in [-0.15, -0.1) is 0 Å². The molecule has 0 radical (unpaired) electrons. The molecule has 1 amide bonds. The van der Waals surface area contributed by atoms with Crippen LogP contribution in [0.4, 0.5) is 4.79 Å². The van der Waals surface area contributed by atoms with E-state index >= 15 is 0 Å². The van der Waals surface area contributed by atoms with E-state index in [1.165, 1.54) is 29.5 Å². The van der Waals surface area contributed by atoms with Crippen LogP contribution >= 0.6 is 55.1 Å². The smallest absolute Gasteiger partial charge is 0.409 e. The Morgan fingerprint density at radius 1 is 0.667 bits per heavy atom. The summed E-state index contributed by atoms with van der Waals surface area (Å²) in [4.78, 5) is 13.5. The van der Waals surface area contributed by atoms with Crippen LogP contribution in [0.25, 0.3) is 0 Å². The summed E-state index contributed by atoms with van der Waals surface area (Å²) in [5.74, 6) is 0. The van der Waals surface area contributed by atoms with E-state index in [0.717, 1.165) is 32.4 Å². The van der Waals surface area contributed by atoms with Crippen molar-refractivity contribution in [1.82, 2.24) is 4.90 Å². The first-order chi connectivity index (χ1) is 21.4. The Balaban J connectivity index is 0.000000251. The summed E-state index contributed by atoms with van der Waals surface area (Å²) in [7, 11) is 1.77. The Labute approximate surface area is 296 Å². The maximum absolute atomic E-state index is 11.9. The monoisotopic (exact) mass is 773 g/mol. The van der Waals surface area contributed by atoms with Gasteiger partial charge in [-0.25, -0.2) is 4.79 Å². The molecule has 0 bridgehead atoms. The molecule has 4 aromatic rings. The molecule has 2 atom stereocenters. The Kier molecular flexibility index (Phi) is 14.5. The van der Waals surface area contributed by atoms with Crippen LogP contribution < -0.4 is 0 Å². The third-order valence-electron chi connectivity index (χ3n) is 8.48. The molecule has 2 unspecified atom stereocenters. The van der Waals surface area contributed by atoms with Crippen molar-refractivity contribution < 1.29 is 9.53 Å². The first kappa shape index (κ1) is 37.2. The van der Waals surface area contributed by atoms with Crippen LogP contribution in [0.15, 0.2) is 106 Å². The number of amides is 1. The zero-order valence-electron chi connectivity index (χ0n) is 26.8. The number of nitrogens with zero attached hydrogens (tertiary/aromatic N) is 1. The van der Waals surface area contributed by atoms with Gasteiger partial charge in [0.1, 0.15) is 0 Å². The zero-order chi connectivity index (χ0) is 33.0. The molecule has 3 nitrogen and oxygen atoms in total. The summed E-state index contributed by atoms with van der Waals surface area (Å²) in [5, 5.41) is 1.51. The first-order valence-corrected chi connectivity index (χ1v) is 17.7. The van der Waals surface area contributed by atoms with Crippen molar-refractivity contribution in [3.63, 3.8) is 0 Å². The number of unbranched alkanes of at least 4 members (excludes halogenated alkanes) is 1. The van der Waals surface area contributed by atoms with Crippen LogP contribution in [0, 0.1) is 0 Å². The summed E-state index contributed by atoms with van der Waals surface area (Å²) < 4.78 is 7.24. The average Bonchev–Trinajstić information content (AvgIpc) is 3.04. The van der Waals surface area contributed by atoms with E-state index in [9.17, 15) is 4.79 Å². The van der Waals surface area contributed by atoms with Crippen molar-refractivity contribution in [3.8, 4) is 0 Å². The highest BCUT2D eigenvalue weighted by Crippen LogP contribution is 2.38. The maximum Gasteiger partial charge on any atom is 0.409 e. The second-order valence-electron chi connectivity index (χ2n) is 11.7. The SMILES string of the molecule is CCCCC(C)(c1ccc(Cl)cc1)c1ccc(Br)cc1.CCOC(=O)N(C)CCC(C)(c1ccc(Cl)cc1)c1ccc(Br)cc1. The summed E-state index contributed by atoms with van der Waals surface area (Å²) >= 11 is 19.1. The van der Waals surface area contributed by atoms with E-state index in [1.807, 2.05) is 43.3 Å². The van der Waals surface area contributed by atoms with Crippen molar-refractivity contribution in [2.45, 2.75) is 64.2 Å². The van der Waals surface area contributed by atoms with Gasteiger partial charge in [-0.1, -0.05) is 137 Å². The van der Waals surface area contributed by atoms with Crippen LogP contribution in [0.3, 0.4) is 0 Å². The van der Waals surface area contributed by atoms with Gasteiger partial charge in [0.05, 0.1) is 6.61 Å². The zero-order valence-corrected chi connectivity index (χ0v) is 31.4. The van der Waals surface area contributed by atoms with Gasteiger partial charge in [0, 0.05) is 43.4 Å². The quantitative estimate of drug-likeness (QED) is 0.152. The molecular weight excluding hydrogens is 733 g/mol. The molecule has 45 heavy (non-hydrogen) atoms. The van der Waals surface area contributed by atoms with E-state index < -0.39 is 0 Å². The Morgan fingerprint density at radius 3 is 1.38 bits per heavy atom. The number of rotatable bonds is 11. The Morgan fingerprint density at radius 2 is 1.02 bits per heavy atom. The molecule has 0 aliphatic carbocycles. The number of benzene rings is 4. The van der Waals surface area contributed by atoms with E-state index in [0.29, 0.717) is 18.2 Å². The average molecular weight is 776 g/mol. The van der Waals surface area contributed by atoms with Gasteiger partial charge in [0.15, 0.2) is 0 Å². The van der Waals surface area contributed by atoms with E-state index in [4.69, 9.17) is 27.9 Å². The third kappa shape index (κ3) is 10.3. The highest BCUT2D eigenvalue weighted by molar-refractivity contribution is 9.10. The minimum atomic E-state index is -0.295. The molecule has 7 heteroatoms. The maximum atomic E-state index is 11.9. The summed E-state index contributed by atoms with van der Waals surface area (Å²) in [6.45, 7) is 9.54.